The Kier molecular flexibility index (Phi) is 4.42. The van der Waals surface area contributed by atoms with Crippen LogP contribution in [0.3, 0.4) is 0 Å². The van der Waals surface area contributed by atoms with Gasteiger partial charge in [-0.15, -0.1) is 0 Å². The summed E-state index contributed by atoms with van der Waals surface area (Å²) >= 11 is 0. The Balaban J connectivity index is 1.48. The normalized spacial score (nSPS) is 11.4. The molecule has 164 valence electrons. The highest BCUT2D eigenvalue weighted by molar-refractivity contribution is 6.05. The number of nitrogens with zero attached hydrogens (tertiary/aromatic N) is 3. The number of hydrogen-bond donors (Lipinski definition) is 0. The molecule has 4 heteroatoms. The lowest BCUT2D eigenvalue weighted by Crippen LogP contribution is -1.95. The summed E-state index contributed by atoms with van der Waals surface area (Å²) in [6.07, 6.45) is 0. The van der Waals surface area contributed by atoms with Gasteiger partial charge in [-0.25, -0.2) is 15.0 Å². The number of fused-ring (bicyclic) bond motifs is 4. The van der Waals surface area contributed by atoms with E-state index in [-0.39, 0.29) is 0 Å². The number of para-hydroxylation sites is 2. The van der Waals surface area contributed by atoms with E-state index in [1.807, 2.05) is 78.9 Å². The number of benzene rings is 5. The van der Waals surface area contributed by atoms with Gasteiger partial charge in [-0.2, -0.15) is 0 Å². The molecule has 0 bridgehead atoms. The van der Waals surface area contributed by atoms with Crippen molar-refractivity contribution in [2.24, 2.45) is 0 Å². The molecular weight excluding hydrogens is 430 g/mol. The van der Waals surface area contributed by atoms with Crippen molar-refractivity contribution in [2.45, 2.75) is 0 Å². The van der Waals surface area contributed by atoms with Crippen LogP contribution in [-0.4, -0.2) is 15.0 Å². The molecule has 0 radical (unpaired) electrons. The molecule has 0 unspecified atom stereocenters. The van der Waals surface area contributed by atoms with Gasteiger partial charge >= 0.3 is 0 Å². The molecule has 0 amide bonds. The molecule has 0 aliphatic rings. The summed E-state index contributed by atoms with van der Waals surface area (Å²) < 4.78 is 6.30. The van der Waals surface area contributed by atoms with Crippen LogP contribution in [0.4, 0.5) is 0 Å². The zero-order valence-corrected chi connectivity index (χ0v) is 18.7. The molecular formula is C31H19N3O. The summed E-state index contributed by atoms with van der Waals surface area (Å²) in [5.74, 6) is 0.619. The van der Waals surface area contributed by atoms with Crippen LogP contribution < -0.4 is 0 Å². The third kappa shape index (κ3) is 3.35. The van der Waals surface area contributed by atoms with Crippen LogP contribution in [0.1, 0.15) is 0 Å². The Morgan fingerprint density at radius 2 is 1.06 bits per heavy atom. The minimum absolute atomic E-state index is 0.619. The average molecular weight is 450 g/mol. The first-order valence-electron chi connectivity index (χ1n) is 11.5. The molecule has 2 heterocycles. The predicted octanol–water partition coefficient (Wildman–Crippen LogP) is 7.93. The number of rotatable bonds is 3. The van der Waals surface area contributed by atoms with Crippen molar-refractivity contribution in [2.75, 3.05) is 0 Å². The topological polar surface area (TPSA) is 51.8 Å². The summed E-state index contributed by atoms with van der Waals surface area (Å²) in [6.45, 7) is 0. The van der Waals surface area contributed by atoms with E-state index in [9.17, 15) is 0 Å². The molecule has 0 saturated heterocycles. The molecule has 0 aliphatic carbocycles. The molecule has 0 fully saturated rings. The lowest BCUT2D eigenvalue weighted by Gasteiger charge is -2.11. The zero-order valence-electron chi connectivity index (χ0n) is 18.7. The maximum Gasteiger partial charge on any atom is 0.227 e. The summed E-state index contributed by atoms with van der Waals surface area (Å²) in [5.41, 5.74) is 8.03. The molecule has 35 heavy (non-hydrogen) atoms. The molecule has 2 aromatic heterocycles. The summed E-state index contributed by atoms with van der Waals surface area (Å²) in [4.78, 5) is 14.8. The second-order valence-corrected chi connectivity index (χ2v) is 8.51. The van der Waals surface area contributed by atoms with E-state index in [1.54, 1.807) is 0 Å². The SMILES string of the molecule is c1ccc(-c2nc3ccc4ccc(-c5nc6ccccc6nc5-c5ccccc5)cc4c3o2)cc1. The second-order valence-electron chi connectivity index (χ2n) is 8.51. The van der Waals surface area contributed by atoms with Gasteiger partial charge in [0.2, 0.25) is 5.89 Å². The van der Waals surface area contributed by atoms with Gasteiger partial charge < -0.3 is 4.42 Å². The Hall–Kier alpha value is -4.83. The molecule has 0 aliphatic heterocycles. The third-order valence-corrected chi connectivity index (χ3v) is 6.28. The zero-order chi connectivity index (χ0) is 23.2. The first-order valence-corrected chi connectivity index (χ1v) is 11.5. The van der Waals surface area contributed by atoms with Crippen molar-refractivity contribution < 1.29 is 4.42 Å². The van der Waals surface area contributed by atoms with E-state index < -0.39 is 0 Å². The number of aromatic nitrogens is 3. The highest BCUT2D eigenvalue weighted by atomic mass is 16.3. The van der Waals surface area contributed by atoms with Crippen LogP contribution in [0, 0.1) is 0 Å². The lowest BCUT2D eigenvalue weighted by atomic mass is 10.00. The standard InChI is InChI=1S/C31H19N3O/c1-3-9-21(10-4-1)28-29(33-26-14-8-7-13-25(26)32-28)23-16-15-20-17-18-27-30(24(20)19-23)35-31(34-27)22-11-5-2-6-12-22/h1-19H. The van der Waals surface area contributed by atoms with Crippen LogP contribution in [0.15, 0.2) is 120 Å². The molecule has 0 saturated carbocycles. The predicted molar refractivity (Wildman–Crippen MR) is 141 cm³/mol. The van der Waals surface area contributed by atoms with Crippen LogP contribution in [0.2, 0.25) is 0 Å². The van der Waals surface area contributed by atoms with Crippen LogP contribution in [0.5, 0.6) is 0 Å². The van der Waals surface area contributed by atoms with Gasteiger partial charge in [-0.1, -0.05) is 78.9 Å². The van der Waals surface area contributed by atoms with Gasteiger partial charge in [0, 0.05) is 22.1 Å². The molecule has 7 aromatic rings. The average Bonchev–Trinajstić information content (AvgIpc) is 3.38. The van der Waals surface area contributed by atoms with E-state index in [4.69, 9.17) is 19.4 Å². The van der Waals surface area contributed by atoms with Gasteiger partial charge in [-0.05, 0) is 41.8 Å². The van der Waals surface area contributed by atoms with Crippen molar-refractivity contribution in [3.63, 3.8) is 0 Å². The van der Waals surface area contributed by atoms with Crippen molar-refractivity contribution in [1.29, 1.82) is 0 Å². The maximum absolute atomic E-state index is 6.30. The smallest absolute Gasteiger partial charge is 0.227 e. The minimum Gasteiger partial charge on any atom is -0.435 e. The molecule has 7 rings (SSSR count). The summed E-state index contributed by atoms with van der Waals surface area (Å²) in [5, 5.41) is 2.09. The van der Waals surface area contributed by atoms with E-state index >= 15 is 0 Å². The van der Waals surface area contributed by atoms with E-state index in [1.165, 1.54) is 0 Å². The summed E-state index contributed by atoms with van der Waals surface area (Å²) in [7, 11) is 0. The van der Waals surface area contributed by atoms with E-state index in [2.05, 4.69) is 36.4 Å². The maximum atomic E-state index is 6.30. The Bertz CT molecular complexity index is 1840. The Morgan fingerprint density at radius 1 is 0.457 bits per heavy atom. The van der Waals surface area contributed by atoms with Crippen molar-refractivity contribution >= 4 is 32.9 Å². The van der Waals surface area contributed by atoms with Gasteiger partial charge in [0.25, 0.3) is 0 Å². The van der Waals surface area contributed by atoms with E-state index in [0.29, 0.717) is 5.89 Å². The third-order valence-electron chi connectivity index (χ3n) is 6.28. The van der Waals surface area contributed by atoms with Crippen molar-refractivity contribution in [3.8, 4) is 34.0 Å². The van der Waals surface area contributed by atoms with Gasteiger partial charge in [0.05, 0.1) is 22.4 Å². The van der Waals surface area contributed by atoms with Crippen molar-refractivity contribution in [1.82, 2.24) is 15.0 Å². The largest absolute Gasteiger partial charge is 0.435 e. The van der Waals surface area contributed by atoms with Gasteiger partial charge in [-0.3, -0.25) is 0 Å². The first-order chi connectivity index (χ1) is 17.3. The quantitative estimate of drug-likeness (QED) is 0.275. The highest BCUT2D eigenvalue weighted by Crippen LogP contribution is 2.35. The first kappa shape index (κ1) is 19.6. The highest BCUT2D eigenvalue weighted by Gasteiger charge is 2.16. The van der Waals surface area contributed by atoms with Crippen LogP contribution in [-0.2, 0) is 0 Å². The van der Waals surface area contributed by atoms with Gasteiger partial charge in [0.1, 0.15) is 5.52 Å². The van der Waals surface area contributed by atoms with E-state index in [0.717, 1.165) is 61.0 Å². The lowest BCUT2D eigenvalue weighted by molar-refractivity contribution is 0.623. The fraction of sp³-hybridized carbons (Fsp3) is 0. The van der Waals surface area contributed by atoms with Crippen LogP contribution in [0.25, 0.3) is 66.9 Å². The fourth-order valence-corrected chi connectivity index (χ4v) is 4.55. The molecule has 0 N–H and O–H groups in total. The van der Waals surface area contributed by atoms with Gasteiger partial charge in [0.15, 0.2) is 5.58 Å². The second kappa shape index (κ2) is 7.89. The molecule has 5 aromatic carbocycles. The molecule has 0 atom stereocenters. The van der Waals surface area contributed by atoms with Crippen LogP contribution >= 0.6 is 0 Å². The Labute approximate surface area is 201 Å². The Morgan fingerprint density at radius 3 is 1.77 bits per heavy atom. The molecule has 4 nitrogen and oxygen atoms in total. The fourth-order valence-electron chi connectivity index (χ4n) is 4.55. The number of hydrogen-bond acceptors (Lipinski definition) is 4. The molecule has 0 spiro atoms. The monoisotopic (exact) mass is 449 g/mol. The number of oxazole rings is 1. The summed E-state index contributed by atoms with van der Waals surface area (Å²) in [6, 6.07) is 38.6. The van der Waals surface area contributed by atoms with Crippen molar-refractivity contribution in [3.05, 3.63) is 115 Å². The minimum atomic E-state index is 0.619.